The fraction of sp³-hybridized carbons (Fsp3) is 0.429. The van der Waals surface area contributed by atoms with E-state index in [1.165, 1.54) is 0 Å². The normalized spacial score (nSPS) is 15.1. The molecular formula is C14H20ClNOS. The summed E-state index contributed by atoms with van der Waals surface area (Å²) in [4.78, 5) is 0. The van der Waals surface area contributed by atoms with E-state index in [4.69, 9.17) is 11.6 Å². The number of hydrogen-bond acceptors (Lipinski definition) is 1. The molecule has 0 fully saturated rings. The van der Waals surface area contributed by atoms with Crippen molar-refractivity contribution >= 4 is 22.6 Å². The fourth-order valence-corrected chi connectivity index (χ4v) is 2.57. The zero-order valence-corrected chi connectivity index (χ0v) is 12.6. The van der Waals surface area contributed by atoms with Crippen LogP contribution in [0.25, 0.3) is 0 Å². The molecule has 1 unspecified atom stereocenters. The van der Waals surface area contributed by atoms with Crippen molar-refractivity contribution in [3.8, 4) is 0 Å². The molecule has 1 aromatic carbocycles. The van der Waals surface area contributed by atoms with Crippen LogP contribution >= 0.6 is 11.6 Å². The number of benzene rings is 1. The molecule has 0 spiro atoms. The first kappa shape index (κ1) is 15.4. The molecule has 0 amide bonds. The van der Waals surface area contributed by atoms with E-state index in [0.717, 1.165) is 5.56 Å². The SMILES string of the molecule is C=CC[C@@H](NS(=O)C(C)(C)C)c1ccccc1Cl. The molecule has 4 heteroatoms. The summed E-state index contributed by atoms with van der Waals surface area (Å²) in [5.74, 6) is 0. The van der Waals surface area contributed by atoms with E-state index < -0.39 is 11.0 Å². The summed E-state index contributed by atoms with van der Waals surface area (Å²) in [6.45, 7) is 9.56. The van der Waals surface area contributed by atoms with Gasteiger partial charge in [0.15, 0.2) is 0 Å². The molecular weight excluding hydrogens is 266 g/mol. The quantitative estimate of drug-likeness (QED) is 0.814. The highest BCUT2D eigenvalue weighted by Gasteiger charge is 2.23. The van der Waals surface area contributed by atoms with Crippen molar-refractivity contribution in [3.05, 3.63) is 47.5 Å². The van der Waals surface area contributed by atoms with Gasteiger partial charge in [-0.05, 0) is 38.8 Å². The Morgan fingerprint density at radius 3 is 2.56 bits per heavy atom. The van der Waals surface area contributed by atoms with E-state index in [9.17, 15) is 4.21 Å². The maximum atomic E-state index is 12.2. The molecule has 0 radical (unpaired) electrons. The lowest BCUT2D eigenvalue weighted by Gasteiger charge is -2.24. The van der Waals surface area contributed by atoms with Gasteiger partial charge in [-0.1, -0.05) is 35.9 Å². The zero-order chi connectivity index (χ0) is 13.8. The molecule has 0 aliphatic rings. The highest BCUT2D eigenvalue weighted by molar-refractivity contribution is 7.84. The second kappa shape index (κ2) is 6.50. The van der Waals surface area contributed by atoms with Gasteiger partial charge < -0.3 is 0 Å². The standard InChI is InChI=1S/C14H20ClNOS/c1-5-8-13(16-18(17)14(2,3)4)11-9-6-7-10-12(11)15/h5-7,9-10,13,16H,1,8H2,2-4H3/t13-,18?/m1/s1. The van der Waals surface area contributed by atoms with Crippen LogP contribution in [0.3, 0.4) is 0 Å². The molecule has 0 heterocycles. The van der Waals surface area contributed by atoms with Gasteiger partial charge >= 0.3 is 0 Å². The van der Waals surface area contributed by atoms with Crippen molar-refractivity contribution in [3.63, 3.8) is 0 Å². The minimum Gasteiger partial charge on any atom is -0.242 e. The Kier molecular flexibility index (Phi) is 5.57. The van der Waals surface area contributed by atoms with Crippen molar-refractivity contribution in [2.24, 2.45) is 0 Å². The first-order valence-electron chi connectivity index (χ1n) is 5.89. The lowest BCUT2D eigenvalue weighted by Crippen LogP contribution is -2.35. The molecule has 2 nitrogen and oxygen atoms in total. The molecule has 1 N–H and O–H groups in total. The van der Waals surface area contributed by atoms with Crippen LogP contribution in [0.1, 0.15) is 38.8 Å². The lowest BCUT2D eigenvalue weighted by atomic mass is 10.1. The van der Waals surface area contributed by atoms with Crippen LogP contribution < -0.4 is 4.72 Å². The number of halogens is 1. The Morgan fingerprint density at radius 2 is 2.06 bits per heavy atom. The van der Waals surface area contributed by atoms with Crippen LogP contribution in [-0.2, 0) is 11.0 Å². The van der Waals surface area contributed by atoms with Crippen molar-refractivity contribution in [1.82, 2.24) is 4.72 Å². The average Bonchev–Trinajstić information content (AvgIpc) is 2.28. The highest BCUT2D eigenvalue weighted by Crippen LogP contribution is 2.26. The molecule has 100 valence electrons. The second-order valence-electron chi connectivity index (χ2n) is 5.10. The predicted molar refractivity (Wildman–Crippen MR) is 80.0 cm³/mol. The first-order chi connectivity index (χ1) is 8.36. The van der Waals surface area contributed by atoms with Gasteiger partial charge in [0.1, 0.15) is 0 Å². The third-order valence-corrected chi connectivity index (χ3v) is 4.44. The minimum absolute atomic E-state index is 0.0729. The smallest absolute Gasteiger partial charge is 0.0976 e. The van der Waals surface area contributed by atoms with Gasteiger partial charge in [0.25, 0.3) is 0 Å². The molecule has 0 aliphatic heterocycles. The summed E-state index contributed by atoms with van der Waals surface area (Å²) in [7, 11) is -1.13. The van der Waals surface area contributed by atoms with E-state index in [1.807, 2.05) is 45.0 Å². The molecule has 2 atom stereocenters. The molecule has 0 aromatic heterocycles. The maximum Gasteiger partial charge on any atom is 0.0976 e. The molecule has 0 aliphatic carbocycles. The average molecular weight is 286 g/mol. The van der Waals surface area contributed by atoms with Gasteiger partial charge in [0.2, 0.25) is 0 Å². The van der Waals surface area contributed by atoms with Crippen molar-refractivity contribution in [2.75, 3.05) is 0 Å². The van der Waals surface area contributed by atoms with E-state index in [0.29, 0.717) is 11.4 Å². The van der Waals surface area contributed by atoms with E-state index in [2.05, 4.69) is 11.3 Å². The summed E-state index contributed by atoms with van der Waals surface area (Å²) in [5.41, 5.74) is 0.955. The molecule has 0 bridgehead atoms. The maximum absolute atomic E-state index is 12.2. The third-order valence-electron chi connectivity index (χ3n) is 2.49. The summed E-state index contributed by atoms with van der Waals surface area (Å²) in [6.07, 6.45) is 2.49. The monoisotopic (exact) mass is 285 g/mol. The summed E-state index contributed by atoms with van der Waals surface area (Å²) in [6, 6.07) is 7.53. The number of rotatable bonds is 5. The molecule has 0 saturated carbocycles. The van der Waals surface area contributed by atoms with Crippen LogP contribution in [0.2, 0.25) is 5.02 Å². The van der Waals surface area contributed by atoms with Crippen molar-refractivity contribution in [1.29, 1.82) is 0 Å². The van der Waals surface area contributed by atoms with Gasteiger partial charge in [-0.3, -0.25) is 0 Å². The zero-order valence-electron chi connectivity index (χ0n) is 11.1. The Hall–Kier alpha value is -0.640. The molecule has 1 aromatic rings. The van der Waals surface area contributed by atoms with Gasteiger partial charge in [0, 0.05) is 11.1 Å². The van der Waals surface area contributed by atoms with E-state index in [1.54, 1.807) is 6.08 Å². The van der Waals surface area contributed by atoms with Gasteiger partial charge in [0.05, 0.1) is 15.7 Å². The van der Waals surface area contributed by atoms with Crippen molar-refractivity contribution in [2.45, 2.75) is 38.0 Å². The third kappa shape index (κ3) is 4.23. The Balaban J connectivity index is 2.94. The van der Waals surface area contributed by atoms with Crippen LogP contribution in [0.5, 0.6) is 0 Å². The first-order valence-corrected chi connectivity index (χ1v) is 7.42. The summed E-state index contributed by atoms with van der Waals surface area (Å²) < 4.78 is 15.0. The van der Waals surface area contributed by atoms with Crippen molar-refractivity contribution < 1.29 is 4.21 Å². The number of hydrogen-bond donors (Lipinski definition) is 1. The van der Waals surface area contributed by atoms with Crippen LogP contribution in [0.15, 0.2) is 36.9 Å². The van der Waals surface area contributed by atoms with Gasteiger partial charge in [-0.25, -0.2) is 8.93 Å². The molecule has 1 rings (SSSR count). The Morgan fingerprint density at radius 1 is 1.44 bits per heavy atom. The van der Waals surface area contributed by atoms with Crippen LogP contribution in [0.4, 0.5) is 0 Å². The van der Waals surface area contributed by atoms with E-state index >= 15 is 0 Å². The number of nitrogens with one attached hydrogen (secondary N) is 1. The predicted octanol–water partition coefficient (Wildman–Crippen LogP) is 4.01. The fourth-order valence-electron chi connectivity index (χ4n) is 1.47. The minimum atomic E-state index is -1.13. The lowest BCUT2D eigenvalue weighted by molar-refractivity contribution is 0.602. The van der Waals surface area contributed by atoms with Gasteiger partial charge in [-0.15, -0.1) is 6.58 Å². The summed E-state index contributed by atoms with van der Waals surface area (Å²) in [5, 5.41) is 0.683. The molecule has 0 saturated heterocycles. The van der Waals surface area contributed by atoms with Gasteiger partial charge in [-0.2, -0.15) is 0 Å². The summed E-state index contributed by atoms with van der Waals surface area (Å²) >= 11 is 6.18. The van der Waals surface area contributed by atoms with Crippen LogP contribution in [-0.4, -0.2) is 8.96 Å². The molecule has 18 heavy (non-hydrogen) atoms. The Labute approximate surface area is 117 Å². The largest absolute Gasteiger partial charge is 0.242 e. The highest BCUT2D eigenvalue weighted by atomic mass is 35.5. The Bertz CT molecular complexity index is 440. The topological polar surface area (TPSA) is 29.1 Å². The second-order valence-corrected chi connectivity index (χ2v) is 7.50. The van der Waals surface area contributed by atoms with E-state index in [-0.39, 0.29) is 10.8 Å². The van der Waals surface area contributed by atoms with Crippen LogP contribution in [0, 0.1) is 0 Å².